The molecule has 7 heteroatoms. The van der Waals surface area contributed by atoms with Gasteiger partial charge >= 0.3 is 11.9 Å². The molecule has 7 nitrogen and oxygen atoms in total. The number of ketones is 1. The number of allylic oxidation sites excluding steroid dienone is 2. The van der Waals surface area contributed by atoms with Crippen molar-refractivity contribution in [1.29, 1.82) is 0 Å². The predicted molar refractivity (Wildman–Crippen MR) is 108 cm³/mol. The molecule has 4 aliphatic carbocycles. The Balaban J connectivity index is 1.80. The molecule has 2 aliphatic heterocycles. The summed E-state index contributed by atoms with van der Waals surface area (Å²) in [6, 6.07) is 0. The molecule has 168 valence electrons. The molecule has 8 atom stereocenters. The molecule has 6 rings (SSSR count). The molecule has 0 radical (unpaired) electrons. The van der Waals surface area contributed by atoms with Crippen molar-refractivity contribution in [3.8, 4) is 0 Å². The topological polar surface area (TPSA) is 99.1 Å². The number of rotatable bonds is 2. The summed E-state index contributed by atoms with van der Waals surface area (Å²) < 4.78 is 17.7. The van der Waals surface area contributed by atoms with Crippen molar-refractivity contribution in [2.75, 3.05) is 6.61 Å². The summed E-state index contributed by atoms with van der Waals surface area (Å²) in [6.07, 6.45) is 3.57. The number of fused-ring (bicyclic) bond motifs is 2. The fourth-order valence-corrected chi connectivity index (χ4v) is 8.02. The van der Waals surface area contributed by atoms with Crippen molar-refractivity contribution in [3.63, 3.8) is 0 Å². The van der Waals surface area contributed by atoms with Gasteiger partial charge in [0.15, 0.2) is 11.9 Å². The van der Waals surface area contributed by atoms with Crippen LogP contribution in [-0.4, -0.2) is 47.4 Å². The largest absolute Gasteiger partial charge is 0.457 e. The lowest BCUT2D eigenvalue weighted by Crippen LogP contribution is -2.83. The van der Waals surface area contributed by atoms with Gasteiger partial charge in [0.05, 0.1) is 17.4 Å². The van der Waals surface area contributed by atoms with Crippen molar-refractivity contribution in [2.24, 2.45) is 34.0 Å². The van der Waals surface area contributed by atoms with Gasteiger partial charge < -0.3 is 19.3 Å². The normalized spacial score (nSPS) is 48.7. The number of ether oxygens (including phenoxy) is 3. The zero-order valence-corrected chi connectivity index (χ0v) is 18.5. The molecule has 3 saturated carbocycles. The second-order valence-corrected chi connectivity index (χ2v) is 10.7. The third-order valence-corrected chi connectivity index (χ3v) is 8.90. The first kappa shape index (κ1) is 20.9. The molecule has 31 heavy (non-hydrogen) atoms. The molecular weight excluding hydrogens is 400 g/mol. The molecule has 6 aliphatic rings. The van der Waals surface area contributed by atoms with Crippen LogP contribution in [0.1, 0.15) is 47.0 Å². The molecule has 0 amide bonds. The first-order valence-corrected chi connectivity index (χ1v) is 11.0. The molecule has 4 bridgehead atoms. The zero-order chi connectivity index (χ0) is 22.6. The van der Waals surface area contributed by atoms with Crippen molar-refractivity contribution in [2.45, 2.75) is 65.0 Å². The maximum atomic E-state index is 13.6. The molecule has 0 aromatic heterocycles. The molecule has 2 spiro atoms. The van der Waals surface area contributed by atoms with Crippen LogP contribution in [0.2, 0.25) is 0 Å². The summed E-state index contributed by atoms with van der Waals surface area (Å²) in [7, 11) is 0. The van der Waals surface area contributed by atoms with Gasteiger partial charge in [-0.05, 0) is 48.2 Å². The van der Waals surface area contributed by atoms with Gasteiger partial charge in [0.1, 0.15) is 6.10 Å². The van der Waals surface area contributed by atoms with E-state index in [0.717, 1.165) is 12.0 Å². The average molecular weight is 430 g/mol. The summed E-state index contributed by atoms with van der Waals surface area (Å²) in [5, 5.41) is 12.3. The van der Waals surface area contributed by atoms with Crippen molar-refractivity contribution < 1.29 is 33.7 Å². The number of hydrogen-bond donors (Lipinski definition) is 1. The van der Waals surface area contributed by atoms with Gasteiger partial charge in [-0.2, -0.15) is 0 Å². The van der Waals surface area contributed by atoms with E-state index in [9.17, 15) is 19.5 Å². The van der Waals surface area contributed by atoms with Crippen LogP contribution < -0.4 is 0 Å². The minimum absolute atomic E-state index is 0.0441. The van der Waals surface area contributed by atoms with Crippen LogP contribution in [0, 0.1) is 34.0 Å². The van der Waals surface area contributed by atoms with Gasteiger partial charge in [0.25, 0.3) is 0 Å². The van der Waals surface area contributed by atoms with Crippen LogP contribution >= 0.6 is 0 Å². The van der Waals surface area contributed by atoms with Crippen molar-refractivity contribution in [3.05, 3.63) is 24.3 Å². The number of esters is 2. The van der Waals surface area contributed by atoms with Gasteiger partial charge in [-0.1, -0.05) is 26.5 Å². The van der Waals surface area contributed by atoms with E-state index in [2.05, 4.69) is 6.58 Å². The van der Waals surface area contributed by atoms with E-state index in [4.69, 9.17) is 14.2 Å². The van der Waals surface area contributed by atoms with Gasteiger partial charge in [-0.3, -0.25) is 14.4 Å². The summed E-state index contributed by atoms with van der Waals surface area (Å²) >= 11 is 0. The lowest BCUT2D eigenvalue weighted by atomic mass is 9.37. The molecule has 2 unspecified atom stereocenters. The van der Waals surface area contributed by atoms with Crippen LogP contribution in [0.25, 0.3) is 0 Å². The summed E-state index contributed by atoms with van der Waals surface area (Å²) in [5.74, 6) is -3.70. The maximum absolute atomic E-state index is 13.6. The quantitative estimate of drug-likeness (QED) is 0.530. The molecule has 5 fully saturated rings. The van der Waals surface area contributed by atoms with Crippen LogP contribution in [0.5, 0.6) is 0 Å². The SMILES string of the molecule is C=C1C2CC[C@H]3[C@@]45COC(O)([C@@H](OC(C)=O)[C@@H]4C(C)(C)C=CC5=O)[C@]3(C2)[C@@H]1OC(C)=O. The second kappa shape index (κ2) is 6.07. The molecule has 2 saturated heterocycles. The summed E-state index contributed by atoms with van der Waals surface area (Å²) in [6.45, 7) is 10.9. The maximum Gasteiger partial charge on any atom is 0.303 e. The Labute approximate surface area is 181 Å². The smallest absolute Gasteiger partial charge is 0.303 e. The monoisotopic (exact) mass is 430 g/mol. The highest BCUT2D eigenvalue weighted by Gasteiger charge is 2.85. The minimum Gasteiger partial charge on any atom is -0.457 e. The standard InChI is InChI=1S/C24H30O7/c1-12-15-6-7-16-22-11-29-24(28,23(16,10-15)19(12)30-13(2)25)20(31-14(3)26)18(22)21(4,5)9-8-17(22)27/h8-9,15-16,18-20,28H,1,6-7,10-11H2,2-5H3/t15?,16-,18+,19+,20-,22+,23-,24?/m0/s1. The molecule has 1 N–H and O–H groups in total. The Morgan fingerprint density at radius 2 is 1.87 bits per heavy atom. The Morgan fingerprint density at radius 1 is 1.19 bits per heavy atom. The summed E-state index contributed by atoms with van der Waals surface area (Å²) in [4.78, 5) is 37.9. The number of aliphatic hydroxyl groups is 1. The zero-order valence-electron chi connectivity index (χ0n) is 18.5. The lowest BCUT2D eigenvalue weighted by molar-refractivity contribution is -0.441. The van der Waals surface area contributed by atoms with E-state index in [1.807, 2.05) is 19.9 Å². The van der Waals surface area contributed by atoms with Crippen LogP contribution in [0.15, 0.2) is 24.3 Å². The van der Waals surface area contributed by atoms with Crippen LogP contribution in [-0.2, 0) is 28.6 Å². The van der Waals surface area contributed by atoms with E-state index in [1.165, 1.54) is 13.8 Å². The van der Waals surface area contributed by atoms with Gasteiger partial charge in [0.2, 0.25) is 5.79 Å². The van der Waals surface area contributed by atoms with E-state index in [1.54, 1.807) is 6.08 Å². The highest BCUT2D eigenvalue weighted by Crippen LogP contribution is 2.77. The lowest BCUT2D eigenvalue weighted by Gasteiger charge is -2.72. The third-order valence-electron chi connectivity index (χ3n) is 8.90. The highest BCUT2D eigenvalue weighted by atomic mass is 16.7. The number of carbonyl (C=O) groups is 3. The van der Waals surface area contributed by atoms with Crippen LogP contribution in [0.3, 0.4) is 0 Å². The molecular formula is C24H30O7. The van der Waals surface area contributed by atoms with Crippen molar-refractivity contribution >= 4 is 17.7 Å². The second-order valence-electron chi connectivity index (χ2n) is 10.7. The van der Waals surface area contributed by atoms with E-state index in [0.29, 0.717) is 12.8 Å². The fourth-order valence-electron chi connectivity index (χ4n) is 8.02. The van der Waals surface area contributed by atoms with Gasteiger partial charge in [0, 0.05) is 19.8 Å². The third kappa shape index (κ3) is 2.24. The average Bonchev–Trinajstić information content (AvgIpc) is 2.87. The van der Waals surface area contributed by atoms with Gasteiger partial charge in [-0.25, -0.2) is 0 Å². The van der Waals surface area contributed by atoms with Gasteiger partial charge in [-0.15, -0.1) is 0 Å². The predicted octanol–water partition coefficient (Wildman–Crippen LogP) is 2.32. The first-order valence-electron chi connectivity index (χ1n) is 11.0. The first-order chi connectivity index (χ1) is 14.4. The minimum atomic E-state index is -1.89. The highest BCUT2D eigenvalue weighted by molar-refractivity contribution is 5.97. The Hall–Kier alpha value is -1.99. The molecule has 2 heterocycles. The van der Waals surface area contributed by atoms with E-state index < -0.39 is 52.1 Å². The number of carbonyl (C=O) groups excluding carboxylic acids is 3. The Bertz CT molecular complexity index is 934. The fraction of sp³-hybridized carbons (Fsp3) is 0.708. The Kier molecular flexibility index (Phi) is 4.09. The molecule has 0 aromatic carbocycles. The Morgan fingerprint density at radius 3 is 2.52 bits per heavy atom. The molecule has 0 aromatic rings. The van der Waals surface area contributed by atoms with E-state index >= 15 is 0 Å². The summed E-state index contributed by atoms with van der Waals surface area (Å²) in [5.41, 5.74) is -1.84. The van der Waals surface area contributed by atoms with E-state index in [-0.39, 0.29) is 24.2 Å². The van der Waals surface area contributed by atoms with Crippen molar-refractivity contribution in [1.82, 2.24) is 0 Å². The van der Waals surface area contributed by atoms with Crippen LogP contribution in [0.4, 0.5) is 0 Å². The number of hydrogen-bond acceptors (Lipinski definition) is 7.